The van der Waals surface area contributed by atoms with Gasteiger partial charge in [0.25, 0.3) is 0 Å². The lowest BCUT2D eigenvalue weighted by Crippen LogP contribution is -2.22. The largest absolute Gasteiger partial charge is 0.327 e. The second-order valence-electron chi connectivity index (χ2n) is 5.17. The molecule has 1 unspecified atom stereocenters. The third-order valence-corrected chi connectivity index (χ3v) is 2.82. The van der Waals surface area contributed by atoms with Crippen LogP contribution in [-0.4, -0.2) is 6.04 Å². The molecule has 0 aliphatic rings. The van der Waals surface area contributed by atoms with Crippen molar-refractivity contribution in [1.29, 1.82) is 0 Å². The summed E-state index contributed by atoms with van der Waals surface area (Å²) in [6.45, 7) is 6.70. The van der Waals surface area contributed by atoms with Crippen LogP contribution < -0.4 is 5.73 Å². The maximum absolute atomic E-state index is 6.04. The minimum atomic E-state index is 0.320. The van der Waals surface area contributed by atoms with Crippen LogP contribution in [0.3, 0.4) is 0 Å². The van der Waals surface area contributed by atoms with Gasteiger partial charge >= 0.3 is 0 Å². The Hall–Kier alpha value is -0.820. The van der Waals surface area contributed by atoms with Gasteiger partial charge in [-0.2, -0.15) is 0 Å². The smallest absolute Gasteiger partial charge is 0.00792 e. The molecule has 1 atom stereocenters. The molecular weight excluding hydrogens is 194 g/mol. The van der Waals surface area contributed by atoms with Crippen LogP contribution in [0.15, 0.2) is 24.3 Å². The minimum absolute atomic E-state index is 0.320. The van der Waals surface area contributed by atoms with Gasteiger partial charge in [-0.3, -0.25) is 0 Å². The Morgan fingerprint density at radius 3 is 1.94 bits per heavy atom. The molecule has 2 N–H and O–H groups in total. The first-order valence-corrected chi connectivity index (χ1v) is 6.45. The molecule has 16 heavy (non-hydrogen) atoms. The van der Waals surface area contributed by atoms with Crippen LogP contribution in [-0.2, 0) is 12.8 Å². The lowest BCUT2D eigenvalue weighted by atomic mass is 9.98. The van der Waals surface area contributed by atoms with Crippen molar-refractivity contribution in [2.45, 2.75) is 52.5 Å². The maximum Gasteiger partial charge on any atom is 0.00792 e. The molecule has 0 fully saturated rings. The first kappa shape index (κ1) is 13.2. The molecule has 0 aromatic heterocycles. The van der Waals surface area contributed by atoms with Crippen molar-refractivity contribution in [3.05, 3.63) is 35.4 Å². The molecule has 1 heteroatoms. The van der Waals surface area contributed by atoms with E-state index in [1.54, 1.807) is 0 Å². The molecule has 1 aromatic rings. The normalized spacial score (nSPS) is 13.1. The molecule has 1 nitrogen and oxygen atoms in total. The van der Waals surface area contributed by atoms with Crippen LogP contribution in [0.2, 0.25) is 0 Å². The second kappa shape index (κ2) is 6.70. The van der Waals surface area contributed by atoms with Crippen LogP contribution in [0.5, 0.6) is 0 Å². The summed E-state index contributed by atoms with van der Waals surface area (Å²) in [5.74, 6) is 0.730. The van der Waals surface area contributed by atoms with Crippen molar-refractivity contribution < 1.29 is 0 Å². The summed E-state index contributed by atoms with van der Waals surface area (Å²) in [5, 5.41) is 0. The average Bonchev–Trinajstić information content (AvgIpc) is 2.20. The molecular formula is C15H25N. The average molecular weight is 219 g/mol. The molecule has 1 aromatic carbocycles. The van der Waals surface area contributed by atoms with Gasteiger partial charge in [-0.05, 0) is 36.3 Å². The van der Waals surface area contributed by atoms with Gasteiger partial charge in [0, 0.05) is 6.04 Å². The summed E-state index contributed by atoms with van der Waals surface area (Å²) in [6.07, 6.45) is 4.47. The molecule has 90 valence electrons. The summed E-state index contributed by atoms with van der Waals surface area (Å²) in [5.41, 5.74) is 8.84. The van der Waals surface area contributed by atoms with Crippen molar-refractivity contribution >= 4 is 0 Å². The van der Waals surface area contributed by atoms with E-state index < -0.39 is 0 Å². The van der Waals surface area contributed by atoms with Gasteiger partial charge in [0.05, 0.1) is 0 Å². The number of hydrogen-bond acceptors (Lipinski definition) is 1. The molecule has 0 amide bonds. The second-order valence-corrected chi connectivity index (χ2v) is 5.17. The minimum Gasteiger partial charge on any atom is -0.327 e. The molecule has 0 saturated carbocycles. The van der Waals surface area contributed by atoms with Gasteiger partial charge in [0.2, 0.25) is 0 Å². The Balaban J connectivity index is 2.50. The van der Waals surface area contributed by atoms with Crippen LogP contribution in [0, 0.1) is 5.92 Å². The lowest BCUT2D eigenvalue weighted by molar-refractivity contribution is 0.600. The summed E-state index contributed by atoms with van der Waals surface area (Å²) >= 11 is 0. The first-order chi connectivity index (χ1) is 7.61. The molecule has 0 bridgehead atoms. The molecule has 0 aliphatic heterocycles. The third-order valence-electron chi connectivity index (χ3n) is 2.82. The van der Waals surface area contributed by atoms with Crippen molar-refractivity contribution in [1.82, 2.24) is 0 Å². The van der Waals surface area contributed by atoms with Gasteiger partial charge in [0.1, 0.15) is 0 Å². The Bertz CT molecular complexity index is 287. The van der Waals surface area contributed by atoms with Crippen LogP contribution in [0.25, 0.3) is 0 Å². The van der Waals surface area contributed by atoms with Crippen molar-refractivity contribution in [3.8, 4) is 0 Å². The summed E-state index contributed by atoms with van der Waals surface area (Å²) < 4.78 is 0. The topological polar surface area (TPSA) is 26.0 Å². The number of hydrogen-bond donors (Lipinski definition) is 1. The van der Waals surface area contributed by atoms with E-state index in [1.807, 2.05) is 0 Å². The quantitative estimate of drug-likeness (QED) is 0.778. The highest BCUT2D eigenvalue weighted by Crippen LogP contribution is 2.11. The van der Waals surface area contributed by atoms with Crippen LogP contribution in [0.1, 0.15) is 44.7 Å². The predicted octanol–water partition coefficient (Wildman–Crippen LogP) is 3.56. The molecule has 0 spiro atoms. The summed E-state index contributed by atoms with van der Waals surface area (Å²) in [7, 11) is 0. The standard InChI is InChI=1S/C15H25N/c1-4-5-15(16)11-14-8-6-13(7-9-14)10-12(2)3/h6-9,12,15H,4-5,10-11,16H2,1-3H3. The van der Waals surface area contributed by atoms with E-state index in [4.69, 9.17) is 5.73 Å². The van der Waals surface area contributed by atoms with Gasteiger partial charge in [0.15, 0.2) is 0 Å². The zero-order chi connectivity index (χ0) is 12.0. The lowest BCUT2D eigenvalue weighted by Gasteiger charge is -2.11. The van der Waals surface area contributed by atoms with Gasteiger partial charge in [-0.1, -0.05) is 51.5 Å². The fourth-order valence-electron chi connectivity index (χ4n) is 2.06. The van der Waals surface area contributed by atoms with Crippen molar-refractivity contribution in [2.75, 3.05) is 0 Å². The summed E-state index contributed by atoms with van der Waals surface area (Å²) in [6, 6.07) is 9.27. The highest BCUT2D eigenvalue weighted by molar-refractivity contribution is 5.23. The van der Waals surface area contributed by atoms with E-state index in [0.29, 0.717) is 6.04 Å². The fourth-order valence-corrected chi connectivity index (χ4v) is 2.06. The monoisotopic (exact) mass is 219 g/mol. The SMILES string of the molecule is CCCC(N)Cc1ccc(CC(C)C)cc1. The van der Waals surface area contributed by atoms with Crippen LogP contribution >= 0.6 is 0 Å². The number of benzene rings is 1. The van der Waals surface area contributed by atoms with E-state index in [9.17, 15) is 0 Å². The zero-order valence-electron chi connectivity index (χ0n) is 10.9. The van der Waals surface area contributed by atoms with Gasteiger partial charge in [-0.15, -0.1) is 0 Å². The molecule has 0 aliphatic carbocycles. The number of rotatable bonds is 6. The Morgan fingerprint density at radius 2 is 1.50 bits per heavy atom. The highest BCUT2D eigenvalue weighted by atomic mass is 14.6. The van der Waals surface area contributed by atoms with Crippen molar-refractivity contribution in [3.63, 3.8) is 0 Å². The van der Waals surface area contributed by atoms with Crippen molar-refractivity contribution in [2.24, 2.45) is 11.7 Å². The maximum atomic E-state index is 6.04. The van der Waals surface area contributed by atoms with Gasteiger partial charge in [-0.25, -0.2) is 0 Å². The van der Waals surface area contributed by atoms with E-state index in [-0.39, 0.29) is 0 Å². The summed E-state index contributed by atoms with van der Waals surface area (Å²) in [4.78, 5) is 0. The molecule has 0 radical (unpaired) electrons. The Morgan fingerprint density at radius 1 is 1.00 bits per heavy atom. The fraction of sp³-hybridized carbons (Fsp3) is 0.600. The third kappa shape index (κ3) is 4.80. The van der Waals surface area contributed by atoms with Gasteiger partial charge < -0.3 is 5.73 Å². The molecule has 0 saturated heterocycles. The van der Waals surface area contributed by atoms with E-state index in [1.165, 1.54) is 24.0 Å². The van der Waals surface area contributed by atoms with E-state index in [0.717, 1.165) is 18.8 Å². The highest BCUT2D eigenvalue weighted by Gasteiger charge is 2.03. The molecule has 0 heterocycles. The van der Waals surface area contributed by atoms with E-state index >= 15 is 0 Å². The zero-order valence-corrected chi connectivity index (χ0v) is 10.9. The first-order valence-electron chi connectivity index (χ1n) is 6.45. The predicted molar refractivity (Wildman–Crippen MR) is 71.6 cm³/mol. The number of nitrogens with two attached hydrogens (primary N) is 1. The Kier molecular flexibility index (Phi) is 5.54. The molecule has 1 rings (SSSR count). The van der Waals surface area contributed by atoms with Crippen LogP contribution in [0.4, 0.5) is 0 Å². The Labute approximate surface area is 100 Å². The van der Waals surface area contributed by atoms with E-state index in [2.05, 4.69) is 45.0 Å².